The van der Waals surface area contributed by atoms with Gasteiger partial charge >= 0.3 is 0 Å². The summed E-state index contributed by atoms with van der Waals surface area (Å²) in [6.45, 7) is 4.12. The molecule has 3 aromatic carbocycles. The fourth-order valence-corrected chi connectivity index (χ4v) is 6.57. The van der Waals surface area contributed by atoms with E-state index in [1.54, 1.807) is 43.3 Å². The first-order chi connectivity index (χ1) is 18.4. The van der Waals surface area contributed by atoms with Gasteiger partial charge in [-0.25, -0.2) is 26.2 Å². The molecule has 11 heteroatoms. The molecule has 39 heavy (non-hydrogen) atoms. The molecule has 8 nitrogen and oxygen atoms in total. The van der Waals surface area contributed by atoms with E-state index < -0.39 is 25.5 Å². The van der Waals surface area contributed by atoms with Crippen LogP contribution >= 0.6 is 0 Å². The Kier molecular flexibility index (Phi) is 7.08. The second kappa shape index (κ2) is 10.2. The van der Waals surface area contributed by atoms with Crippen molar-refractivity contribution in [2.45, 2.75) is 16.7 Å². The molecule has 0 bridgehead atoms. The number of halogens is 1. The summed E-state index contributed by atoms with van der Waals surface area (Å²) in [5.41, 5.74) is 2.88. The zero-order valence-corrected chi connectivity index (χ0v) is 23.4. The zero-order chi connectivity index (χ0) is 27.9. The second-order valence-corrected chi connectivity index (χ2v) is 13.5. The number of hydrogen-bond donors (Lipinski definition) is 1. The minimum Gasteiger partial charge on any atom is -0.378 e. The maximum atomic E-state index is 15.3. The number of pyridine rings is 1. The summed E-state index contributed by atoms with van der Waals surface area (Å²) >= 11 is 0. The molecule has 1 aliphatic rings. The minimum absolute atomic E-state index is 0.0540. The fourth-order valence-electron chi connectivity index (χ4n) is 4.86. The molecule has 4 aromatic rings. The van der Waals surface area contributed by atoms with Crippen LogP contribution in [0.2, 0.25) is 0 Å². The Bertz CT molecular complexity index is 1800. The third-order valence-electron chi connectivity index (χ3n) is 6.74. The molecule has 1 aliphatic heterocycles. The number of ether oxygens (including phenoxy) is 1. The SMILES string of the molecule is Cc1c(-c2ccccc2S(C)(=O)=O)nc2cccc(F)c2c1Nc1cc(N2CCOCC2)ccc1S(C)(=O)=O. The molecule has 5 rings (SSSR count). The molecule has 1 N–H and O–H groups in total. The molecular weight excluding hydrogens is 541 g/mol. The highest BCUT2D eigenvalue weighted by atomic mass is 32.2. The summed E-state index contributed by atoms with van der Waals surface area (Å²) in [6.07, 6.45) is 2.24. The molecule has 0 amide bonds. The van der Waals surface area contributed by atoms with Crippen LogP contribution in [0.15, 0.2) is 70.5 Å². The first-order valence-electron chi connectivity index (χ1n) is 12.3. The molecule has 2 heterocycles. The Morgan fingerprint density at radius 3 is 2.28 bits per heavy atom. The monoisotopic (exact) mass is 569 g/mol. The van der Waals surface area contributed by atoms with E-state index in [0.29, 0.717) is 54.3 Å². The Labute approximate surface area is 227 Å². The van der Waals surface area contributed by atoms with Gasteiger partial charge in [0.25, 0.3) is 0 Å². The van der Waals surface area contributed by atoms with Crippen molar-refractivity contribution >= 4 is 47.6 Å². The number of morpholine rings is 1. The minimum atomic E-state index is -3.66. The zero-order valence-electron chi connectivity index (χ0n) is 21.7. The van der Waals surface area contributed by atoms with Crippen molar-refractivity contribution in [1.29, 1.82) is 0 Å². The summed E-state index contributed by atoms with van der Waals surface area (Å²) in [4.78, 5) is 6.89. The molecule has 0 saturated carbocycles. The van der Waals surface area contributed by atoms with Gasteiger partial charge in [0.05, 0.1) is 51.0 Å². The summed E-state index contributed by atoms with van der Waals surface area (Å²) in [7, 11) is -7.27. The van der Waals surface area contributed by atoms with E-state index in [2.05, 4.69) is 15.2 Å². The summed E-state index contributed by atoms with van der Waals surface area (Å²) in [5.74, 6) is -0.543. The van der Waals surface area contributed by atoms with Crippen LogP contribution in [-0.2, 0) is 24.4 Å². The van der Waals surface area contributed by atoms with E-state index in [0.717, 1.165) is 18.2 Å². The van der Waals surface area contributed by atoms with Crippen LogP contribution in [0.3, 0.4) is 0 Å². The lowest BCUT2D eigenvalue weighted by molar-refractivity contribution is 0.122. The molecule has 0 atom stereocenters. The first kappa shape index (κ1) is 27.0. The lowest BCUT2D eigenvalue weighted by Crippen LogP contribution is -2.36. The second-order valence-electron chi connectivity index (χ2n) is 9.54. The number of nitrogens with zero attached hydrogens (tertiary/aromatic N) is 2. The molecule has 1 aromatic heterocycles. The van der Waals surface area contributed by atoms with Crippen molar-refractivity contribution in [3.63, 3.8) is 0 Å². The number of sulfone groups is 2. The van der Waals surface area contributed by atoms with E-state index in [9.17, 15) is 16.8 Å². The largest absolute Gasteiger partial charge is 0.378 e. The highest BCUT2D eigenvalue weighted by Crippen LogP contribution is 2.40. The Morgan fingerprint density at radius 1 is 0.897 bits per heavy atom. The topological polar surface area (TPSA) is 106 Å². The van der Waals surface area contributed by atoms with E-state index in [1.807, 2.05) is 0 Å². The third-order valence-corrected chi connectivity index (χ3v) is 9.05. The van der Waals surface area contributed by atoms with E-state index in [-0.39, 0.29) is 20.9 Å². The van der Waals surface area contributed by atoms with Crippen LogP contribution < -0.4 is 10.2 Å². The van der Waals surface area contributed by atoms with Crippen molar-refractivity contribution in [2.24, 2.45) is 0 Å². The fraction of sp³-hybridized carbons (Fsp3) is 0.250. The van der Waals surface area contributed by atoms with Crippen LogP contribution in [0.5, 0.6) is 0 Å². The van der Waals surface area contributed by atoms with E-state index >= 15 is 4.39 Å². The van der Waals surface area contributed by atoms with Gasteiger partial charge < -0.3 is 15.0 Å². The molecular formula is C28H28FN3O5S2. The van der Waals surface area contributed by atoms with Crippen LogP contribution in [0, 0.1) is 12.7 Å². The van der Waals surface area contributed by atoms with Gasteiger partial charge in [-0.3, -0.25) is 0 Å². The van der Waals surface area contributed by atoms with Crippen molar-refractivity contribution in [1.82, 2.24) is 4.98 Å². The van der Waals surface area contributed by atoms with Gasteiger partial charge in [-0.15, -0.1) is 0 Å². The van der Waals surface area contributed by atoms with Crippen LogP contribution in [-0.4, -0.2) is 60.6 Å². The van der Waals surface area contributed by atoms with Gasteiger partial charge in [0.2, 0.25) is 0 Å². The van der Waals surface area contributed by atoms with Crippen molar-refractivity contribution in [3.8, 4) is 11.3 Å². The summed E-state index contributed by atoms with van der Waals surface area (Å²) in [6, 6.07) is 16.0. The maximum absolute atomic E-state index is 15.3. The summed E-state index contributed by atoms with van der Waals surface area (Å²) < 4.78 is 71.5. The van der Waals surface area contributed by atoms with Crippen LogP contribution in [0.1, 0.15) is 5.56 Å². The average Bonchev–Trinajstić information content (AvgIpc) is 2.89. The predicted molar refractivity (Wildman–Crippen MR) is 151 cm³/mol. The van der Waals surface area contributed by atoms with Crippen LogP contribution in [0.25, 0.3) is 22.2 Å². The van der Waals surface area contributed by atoms with Gasteiger partial charge in [0.1, 0.15) is 5.82 Å². The van der Waals surface area contributed by atoms with Gasteiger partial charge in [-0.1, -0.05) is 24.3 Å². The summed E-state index contributed by atoms with van der Waals surface area (Å²) in [5, 5.41) is 3.39. The van der Waals surface area contributed by atoms with Gasteiger partial charge in [-0.2, -0.15) is 0 Å². The Balaban J connectivity index is 1.77. The first-order valence-corrected chi connectivity index (χ1v) is 16.1. The molecule has 1 fully saturated rings. The number of rotatable bonds is 6. The number of nitrogens with one attached hydrogen (secondary N) is 1. The number of anilines is 3. The van der Waals surface area contributed by atoms with Gasteiger partial charge in [0, 0.05) is 36.9 Å². The number of benzene rings is 3. The average molecular weight is 570 g/mol. The van der Waals surface area contributed by atoms with Crippen LogP contribution in [0.4, 0.5) is 21.5 Å². The molecule has 0 aliphatic carbocycles. The normalized spacial score (nSPS) is 14.5. The van der Waals surface area contributed by atoms with Crippen molar-refractivity contribution < 1.29 is 26.0 Å². The van der Waals surface area contributed by atoms with Crippen molar-refractivity contribution in [3.05, 3.63) is 72.0 Å². The molecule has 0 unspecified atom stereocenters. The lowest BCUT2D eigenvalue weighted by atomic mass is 10.0. The Morgan fingerprint density at radius 2 is 1.59 bits per heavy atom. The molecule has 1 saturated heterocycles. The molecule has 0 radical (unpaired) electrons. The highest BCUT2D eigenvalue weighted by molar-refractivity contribution is 7.91. The Hall–Kier alpha value is -3.54. The third kappa shape index (κ3) is 5.34. The number of aromatic nitrogens is 1. The number of hydrogen-bond acceptors (Lipinski definition) is 8. The lowest BCUT2D eigenvalue weighted by Gasteiger charge is -2.29. The smallest absolute Gasteiger partial charge is 0.177 e. The quantitative estimate of drug-likeness (QED) is 0.355. The standard InChI is InChI=1S/C28H28FN3O5S2/c1-18-27(20-7-4-5-10-24(20)38(2,33)34)30-22-9-6-8-21(29)26(22)28(18)31-23-17-19(32-13-15-37-16-14-32)11-12-25(23)39(3,35)36/h4-12,17H,13-16H2,1-3H3,(H,30,31). The van der Waals surface area contributed by atoms with Gasteiger partial charge in [-0.05, 0) is 48.9 Å². The molecule has 0 spiro atoms. The highest BCUT2D eigenvalue weighted by Gasteiger charge is 2.24. The maximum Gasteiger partial charge on any atom is 0.177 e. The molecule has 204 valence electrons. The van der Waals surface area contributed by atoms with E-state index in [4.69, 9.17) is 4.74 Å². The predicted octanol–water partition coefficient (Wildman–Crippen LogP) is 4.74. The number of fused-ring (bicyclic) bond motifs is 1. The van der Waals surface area contributed by atoms with Gasteiger partial charge in [0.15, 0.2) is 19.7 Å². The van der Waals surface area contributed by atoms with E-state index in [1.165, 1.54) is 24.3 Å². The van der Waals surface area contributed by atoms with Crippen molar-refractivity contribution in [2.75, 3.05) is 49.0 Å².